The number of aromatic nitrogens is 3. The van der Waals surface area contributed by atoms with Crippen LogP contribution in [-0.4, -0.2) is 60.1 Å². The number of nitrogens with one attached hydrogen (secondary N) is 1. The Morgan fingerprint density at radius 2 is 1.80 bits per heavy atom. The quantitative estimate of drug-likeness (QED) is 0.213. The van der Waals surface area contributed by atoms with Crippen LogP contribution in [0.5, 0.6) is 17.2 Å². The maximum absolute atomic E-state index is 13.4. The molecule has 1 aliphatic rings. The highest BCUT2D eigenvalue weighted by Crippen LogP contribution is 2.40. The summed E-state index contributed by atoms with van der Waals surface area (Å²) in [6, 6.07) is 5.57. The second-order valence-electron chi connectivity index (χ2n) is 8.75. The number of hydrogen-bond donors (Lipinski definition) is 1. The van der Waals surface area contributed by atoms with Crippen LogP contribution in [0.2, 0.25) is 10.0 Å². The van der Waals surface area contributed by atoms with Crippen LogP contribution in [0.3, 0.4) is 0 Å². The minimum absolute atomic E-state index is 0.0132. The Balaban J connectivity index is 1.65. The summed E-state index contributed by atoms with van der Waals surface area (Å²) < 4.78 is 70.1. The molecular weight excluding hydrogens is 613 g/mol. The Bertz CT molecular complexity index is 1750. The van der Waals surface area contributed by atoms with Crippen LogP contribution in [0, 0.1) is 5.92 Å². The minimum atomic E-state index is -4.23. The van der Waals surface area contributed by atoms with E-state index in [1.807, 2.05) is 0 Å². The number of alkyl halides is 2. The van der Waals surface area contributed by atoms with Crippen LogP contribution in [0.25, 0.3) is 5.69 Å². The molecule has 1 heterocycles. The van der Waals surface area contributed by atoms with Gasteiger partial charge in [-0.05, 0) is 24.3 Å². The Kier molecular flexibility index (Phi) is 8.52. The van der Waals surface area contributed by atoms with Gasteiger partial charge in [-0.25, -0.2) is 13.6 Å². The van der Waals surface area contributed by atoms with E-state index in [1.54, 1.807) is 4.98 Å². The molecule has 0 spiro atoms. The van der Waals surface area contributed by atoms with E-state index in [0.717, 1.165) is 22.2 Å². The Labute approximate surface area is 240 Å². The fraction of sp³-hybridized carbons (Fsp3) is 0.292. The van der Waals surface area contributed by atoms with Gasteiger partial charge in [0.15, 0.2) is 22.4 Å². The summed E-state index contributed by atoms with van der Waals surface area (Å²) in [5.74, 6) is -1.08. The lowest BCUT2D eigenvalue weighted by Crippen LogP contribution is -2.44. The Morgan fingerprint density at radius 3 is 2.37 bits per heavy atom. The van der Waals surface area contributed by atoms with Crippen LogP contribution < -0.4 is 20.7 Å². The van der Waals surface area contributed by atoms with Crippen LogP contribution in [0.1, 0.15) is 25.0 Å². The van der Waals surface area contributed by atoms with Crippen molar-refractivity contribution in [3.63, 3.8) is 0 Å². The average molecular weight is 634 g/mol. The molecule has 1 fully saturated rings. The van der Waals surface area contributed by atoms with Crippen LogP contribution >= 0.6 is 23.2 Å². The molecule has 1 saturated carbocycles. The molecule has 41 heavy (non-hydrogen) atoms. The zero-order chi connectivity index (χ0) is 30.2. The van der Waals surface area contributed by atoms with Gasteiger partial charge >= 0.3 is 21.7 Å². The van der Waals surface area contributed by atoms with Crippen molar-refractivity contribution in [1.29, 1.82) is 0 Å². The number of benzene rings is 2. The van der Waals surface area contributed by atoms with E-state index < -0.39 is 51.3 Å². The van der Waals surface area contributed by atoms with Gasteiger partial charge in [-0.1, -0.05) is 23.2 Å². The molecule has 2 aromatic carbocycles. The lowest BCUT2D eigenvalue weighted by atomic mass is 9.81. The molecule has 1 aromatic heterocycles. The van der Waals surface area contributed by atoms with Gasteiger partial charge in [-0.3, -0.25) is 14.6 Å². The highest BCUT2D eigenvalue weighted by molar-refractivity contribution is 7.85. The van der Waals surface area contributed by atoms with Crippen LogP contribution in [0.15, 0.2) is 44.8 Å². The monoisotopic (exact) mass is 633 g/mol. The standard InChI is InChI=1S/C24H20Cl2F2N4O8S/c1-31(12-6-11(7-12)23(34)39-3)41(36,37)18-10-14(4-5-17(18)38-2)40-20-15(25)8-13(9-16(20)26)32-24(35)29-22(33)19(30-32)21(27)28/h4-5,8-12,21H,1,6-7H2,2-3H3/p+1/t11-,12-. The van der Waals surface area contributed by atoms with Gasteiger partial charge in [-0.15, -0.1) is 3.98 Å². The first-order valence-corrected chi connectivity index (χ1v) is 13.8. The molecule has 0 amide bonds. The third kappa shape index (κ3) is 5.83. The van der Waals surface area contributed by atoms with Gasteiger partial charge in [0.1, 0.15) is 18.2 Å². The van der Waals surface area contributed by atoms with Crippen LogP contribution in [-0.2, 0) is 19.6 Å². The predicted octanol–water partition coefficient (Wildman–Crippen LogP) is 3.32. The number of esters is 1. The van der Waals surface area contributed by atoms with E-state index >= 15 is 0 Å². The topological polar surface area (TPSA) is 150 Å². The second kappa shape index (κ2) is 11.6. The molecule has 4 rings (SSSR count). The van der Waals surface area contributed by atoms with Crippen molar-refractivity contribution in [2.75, 3.05) is 14.2 Å². The number of nitrogens with zero attached hydrogens (tertiary/aromatic N) is 3. The third-order valence-corrected chi connectivity index (χ3v) is 8.64. The summed E-state index contributed by atoms with van der Waals surface area (Å²) >= 11 is 12.6. The molecule has 0 bridgehead atoms. The van der Waals surface area contributed by atoms with Gasteiger partial charge < -0.3 is 14.2 Å². The number of aromatic amines is 1. The molecule has 0 saturated heterocycles. The predicted molar refractivity (Wildman–Crippen MR) is 142 cm³/mol. The van der Waals surface area contributed by atoms with Gasteiger partial charge in [0.25, 0.3) is 12.0 Å². The van der Waals surface area contributed by atoms with Crippen molar-refractivity contribution in [3.05, 3.63) is 66.9 Å². The summed E-state index contributed by atoms with van der Waals surface area (Å²) in [4.78, 5) is 36.9. The fourth-order valence-corrected chi connectivity index (χ4v) is 6.08. The normalized spacial score (nSPS) is 16.7. The van der Waals surface area contributed by atoms with Crippen molar-refractivity contribution >= 4 is 45.9 Å². The minimum Gasteiger partial charge on any atom is -0.495 e. The number of hydrogen-bond acceptors (Lipinski definition) is 9. The smallest absolute Gasteiger partial charge is 0.398 e. The first-order chi connectivity index (χ1) is 19.3. The summed E-state index contributed by atoms with van der Waals surface area (Å²) in [5, 5.41) is 2.99. The maximum atomic E-state index is 13.4. The van der Waals surface area contributed by atoms with Crippen molar-refractivity contribution in [1.82, 2.24) is 14.8 Å². The molecule has 3 aromatic rings. The third-order valence-electron chi connectivity index (χ3n) is 6.28. The van der Waals surface area contributed by atoms with E-state index in [-0.39, 0.29) is 50.7 Å². The number of rotatable bonds is 9. The number of carbonyl (C=O) groups excluding carboxylic acids is 1. The van der Waals surface area contributed by atoms with Crippen LogP contribution in [0.4, 0.5) is 8.78 Å². The summed E-state index contributed by atoms with van der Waals surface area (Å²) in [6.45, 7) is 3.66. The highest BCUT2D eigenvalue weighted by Gasteiger charge is 2.47. The van der Waals surface area contributed by atoms with Gasteiger partial charge in [0, 0.05) is 18.9 Å². The molecule has 17 heteroatoms. The molecule has 0 unspecified atom stereocenters. The number of carbonyl (C=O) groups is 1. The van der Waals surface area contributed by atoms with E-state index in [0.29, 0.717) is 4.68 Å². The molecule has 0 aliphatic heterocycles. The molecule has 1 N–H and O–H groups in total. The zero-order valence-electron chi connectivity index (χ0n) is 21.3. The van der Waals surface area contributed by atoms with Gasteiger partial charge in [0.05, 0.1) is 35.9 Å². The molecule has 218 valence electrons. The SMILES string of the molecule is C=[N+]([C@H]1C[C@H](C(=O)OC)C1)S(=O)(=O)c1cc(Oc2c(Cl)cc(-n3nc(C(F)F)c(=O)[nH]c3=O)cc2Cl)ccc1OC. The highest BCUT2D eigenvalue weighted by atomic mass is 35.5. The lowest BCUT2D eigenvalue weighted by molar-refractivity contribution is -0.430. The van der Waals surface area contributed by atoms with Crippen molar-refractivity contribution in [2.45, 2.75) is 30.2 Å². The largest absolute Gasteiger partial charge is 0.495 e. The van der Waals surface area contributed by atoms with Crippen molar-refractivity contribution < 1.29 is 40.2 Å². The number of H-pyrrole nitrogens is 1. The summed E-state index contributed by atoms with van der Waals surface area (Å²) in [6.07, 6.45) is -2.79. The number of methoxy groups -OCH3 is 2. The number of ether oxygens (including phenoxy) is 3. The van der Waals surface area contributed by atoms with Crippen molar-refractivity contribution in [2.24, 2.45) is 5.92 Å². The number of sulfonamides is 1. The lowest BCUT2D eigenvalue weighted by Gasteiger charge is -2.29. The molecule has 0 atom stereocenters. The van der Waals surface area contributed by atoms with E-state index in [2.05, 4.69) is 16.6 Å². The van der Waals surface area contributed by atoms with E-state index in [9.17, 15) is 31.6 Å². The Hall–Kier alpha value is -3.82. The first-order valence-electron chi connectivity index (χ1n) is 11.6. The first kappa shape index (κ1) is 30.1. The van der Waals surface area contributed by atoms with E-state index in [1.165, 1.54) is 26.4 Å². The zero-order valence-corrected chi connectivity index (χ0v) is 23.6. The maximum Gasteiger partial charge on any atom is 0.398 e. The molecule has 0 radical (unpaired) electrons. The fourth-order valence-electron chi connectivity index (χ4n) is 4.04. The second-order valence-corrected chi connectivity index (χ2v) is 11.4. The summed E-state index contributed by atoms with van der Waals surface area (Å²) in [7, 11) is -1.71. The van der Waals surface area contributed by atoms with E-state index in [4.69, 9.17) is 32.7 Å². The molecule has 12 nitrogen and oxygen atoms in total. The number of halogens is 4. The molecule has 1 aliphatic carbocycles. The molecular formula is C24H21Cl2F2N4O8S+. The van der Waals surface area contributed by atoms with Gasteiger partial charge in [-0.2, -0.15) is 18.2 Å². The van der Waals surface area contributed by atoms with Gasteiger partial charge in [0.2, 0.25) is 0 Å². The van der Waals surface area contributed by atoms with Crippen molar-refractivity contribution in [3.8, 4) is 22.9 Å². The Morgan fingerprint density at radius 1 is 1.17 bits per heavy atom. The average Bonchev–Trinajstić information content (AvgIpc) is 2.89. The summed E-state index contributed by atoms with van der Waals surface area (Å²) in [5.41, 5.74) is -3.81.